The summed E-state index contributed by atoms with van der Waals surface area (Å²) in [4.78, 5) is 23.9. The Morgan fingerprint density at radius 3 is 2.96 bits per heavy atom. The van der Waals surface area contributed by atoms with Crippen molar-refractivity contribution in [3.8, 4) is 0 Å². The molecule has 2 amide bonds. The monoisotopic (exact) mass is 333 g/mol. The van der Waals surface area contributed by atoms with E-state index >= 15 is 0 Å². The number of morpholine rings is 1. The minimum Gasteiger partial charge on any atom is -0.378 e. The Morgan fingerprint density at radius 2 is 2.25 bits per heavy atom. The maximum absolute atomic E-state index is 12.0. The molecule has 1 aromatic carbocycles. The number of carbonyl (C=O) groups excluding carboxylic acids is 2. The first kappa shape index (κ1) is 18.4. The van der Waals surface area contributed by atoms with Crippen LogP contribution in [0.2, 0.25) is 0 Å². The maximum atomic E-state index is 12.0. The Morgan fingerprint density at radius 1 is 1.42 bits per heavy atom. The highest BCUT2D eigenvalue weighted by molar-refractivity contribution is 5.92. The van der Waals surface area contributed by atoms with Gasteiger partial charge in [-0.15, -0.1) is 0 Å². The Balaban J connectivity index is 1.80. The van der Waals surface area contributed by atoms with Crippen molar-refractivity contribution in [2.75, 3.05) is 25.1 Å². The molecule has 0 spiro atoms. The molecule has 2 rings (SSSR count). The number of ether oxygens (including phenoxy) is 1. The number of nitrogens with one attached hydrogen (secondary N) is 3. The van der Waals surface area contributed by atoms with E-state index in [1.54, 1.807) is 0 Å². The first-order chi connectivity index (χ1) is 11.6. The molecular formula is C18H27N3O3. The third-order valence-corrected chi connectivity index (χ3v) is 4.17. The summed E-state index contributed by atoms with van der Waals surface area (Å²) in [5, 5.41) is 9.08. The van der Waals surface area contributed by atoms with E-state index in [1.165, 1.54) is 0 Å². The molecule has 1 saturated heterocycles. The fourth-order valence-corrected chi connectivity index (χ4v) is 2.46. The minimum absolute atomic E-state index is 0.00737. The van der Waals surface area contributed by atoms with Crippen LogP contribution in [0.25, 0.3) is 0 Å². The van der Waals surface area contributed by atoms with E-state index in [-0.39, 0.29) is 23.8 Å². The second kappa shape index (κ2) is 9.39. The topological polar surface area (TPSA) is 79.5 Å². The van der Waals surface area contributed by atoms with E-state index in [9.17, 15) is 9.59 Å². The number of anilines is 1. The molecule has 3 N–H and O–H groups in total. The van der Waals surface area contributed by atoms with E-state index in [0.717, 1.165) is 24.2 Å². The van der Waals surface area contributed by atoms with Crippen LogP contribution in [0.15, 0.2) is 24.3 Å². The van der Waals surface area contributed by atoms with Crippen molar-refractivity contribution in [3.63, 3.8) is 0 Å². The fraction of sp³-hybridized carbons (Fsp3) is 0.556. The summed E-state index contributed by atoms with van der Waals surface area (Å²) in [5.74, 6) is -0.00678. The van der Waals surface area contributed by atoms with Crippen molar-refractivity contribution in [3.05, 3.63) is 29.8 Å². The van der Waals surface area contributed by atoms with Gasteiger partial charge in [0.1, 0.15) is 0 Å². The second-order valence-corrected chi connectivity index (χ2v) is 6.21. The number of hydrogen-bond donors (Lipinski definition) is 3. The van der Waals surface area contributed by atoms with Crippen LogP contribution in [0.5, 0.6) is 0 Å². The normalized spacial score (nSPS) is 18.7. The van der Waals surface area contributed by atoms with E-state index in [4.69, 9.17) is 4.74 Å². The lowest BCUT2D eigenvalue weighted by Crippen LogP contribution is -2.44. The molecule has 1 fully saturated rings. The largest absolute Gasteiger partial charge is 0.378 e. The maximum Gasteiger partial charge on any atom is 0.227 e. The third-order valence-electron chi connectivity index (χ3n) is 4.17. The first-order valence-electron chi connectivity index (χ1n) is 8.56. The number of carbonyl (C=O) groups is 2. The van der Waals surface area contributed by atoms with Gasteiger partial charge in [-0.2, -0.15) is 0 Å². The van der Waals surface area contributed by atoms with Gasteiger partial charge in [0.2, 0.25) is 11.8 Å². The predicted molar refractivity (Wildman–Crippen MR) is 93.6 cm³/mol. The van der Waals surface area contributed by atoms with Crippen LogP contribution >= 0.6 is 0 Å². The van der Waals surface area contributed by atoms with Crippen LogP contribution < -0.4 is 16.0 Å². The van der Waals surface area contributed by atoms with Gasteiger partial charge < -0.3 is 20.7 Å². The summed E-state index contributed by atoms with van der Waals surface area (Å²) in [6.45, 7) is 6.40. The highest BCUT2D eigenvalue weighted by Gasteiger charge is 2.16. The molecular weight excluding hydrogens is 306 g/mol. The summed E-state index contributed by atoms with van der Waals surface area (Å²) in [6, 6.07) is 7.64. The van der Waals surface area contributed by atoms with Gasteiger partial charge in [-0.05, 0) is 24.1 Å². The van der Waals surface area contributed by atoms with Gasteiger partial charge >= 0.3 is 0 Å². The predicted octanol–water partition coefficient (Wildman–Crippen LogP) is 1.67. The molecule has 24 heavy (non-hydrogen) atoms. The Labute approximate surface area is 143 Å². The van der Waals surface area contributed by atoms with Gasteiger partial charge in [0, 0.05) is 37.2 Å². The molecule has 1 heterocycles. The number of rotatable bonds is 7. The zero-order chi connectivity index (χ0) is 17.4. The zero-order valence-corrected chi connectivity index (χ0v) is 14.4. The molecule has 0 aliphatic carbocycles. The van der Waals surface area contributed by atoms with E-state index in [0.29, 0.717) is 26.2 Å². The van der Waals surface area contributed by atoms with E-state index < -0.39 is 0 Å². The highest BCUT2D eigenvalue weighted by atomic mass is 16.5. The van der Waals surface area contributed by atoms with Crippen molar-refractivity contribution in [1.82, 2.24) is 10.6 Å². The quantitative estimate of drug-likeness (QED) is 0.709. The van der Waals surface area contributed by atoms with Crippen molar-refractivity contribution in [1.29, 1.82) is 0 Å². The summed E-state index contributed by atoms with van der Waals surface area (Å²) >= 11 is 0. The number of benzene rings is 1. The molecule has 1 aliphatic heterocycles. The summed E-state index contributed by atoms with van der Waals surface area (Å²) in [6.07, 6.45) is 1.21. The molecule has 1 aromatic rings. The summed E-state index contributed by atoms with van der Waals surface area (Å²) in [7, 11) is 0. The summed E-state index contributed by atoms with van der Waals surface area (Å²) < 4.78 is 5.34. The fourth-order valence-electron chi connectivity index (χ4n) is 2.46. The molecule has 6 heteroatoms. The van der Waals surface area contributed by atoms with Gasteiger partial charge in [-0.1, -0.05) is 26.0 Å². The van der Waals surface area contributed by atoms with Gasteiger partial charge in [0.15, 0.2) is 0 Å². The van der Waals surface area contributed by atoms with Gasteiger partial charge in [-0.3, -0.25) is 9.59 Å². The third kappa shape index (κ3) is 5.94. The average molecular weight is 333 g/mol. The van der Waals surface area contributed by atoms with Crippen LogP contribution in [0.1, 0.15) is 32.3 Å². The molecule has 6 nitrogen and oxygen atoms in total. The van der Waals surface area contributed by atoms with Crippen LogP contribution in [-0.2, 0) is 20.9 Å². The van der Waals surface area contributed by atoms with E-state index in [1.807, 2.05) is 38.1 Å². The molecule has 0 aromatic heterocycles. The van der Waals surface area contributed by atoms with Crippen LogP contribution in [0, 0.1) is 5.92 Å². The van der Waals surface area contributed by atoms with E-state index in [2.05, 4.69) is 16.0 Å². The van der Waals surface area contributed by atoms with Crippen LogP contribution in [0.4, 0.5) is 5.69 Å². The molecule has 0 saturated carbocycles. The Bertz CT molecular complexity index is 556. The lowest BCUT2D eigenvalue weighted by molar-refractivity contribution is -0.122. The molecule has 2 atom stereocenters. The highest BCUT2D eigenvalue weighted by Crippen LogP contribution is 2.13. The lowest BCUT2D eigenvalue weighted by atomic mass is 10.1. The standard InChI is InChI=1S/C18H27N3O3/c1-3-13(2)18(23)21-15-6-4-5-14(9-15)11-20-17(22)10-16-12-24-8-7-19-16/h4-6,9,13,16,19H,3,7-8,10-12H2,1-2H3,(H,20,22)(H,21,23). The molecule has 2 unspecified atom stereocenters. The van der Waals surface area contributed by atoms with Gasteiger partial charge in [0.25, 0.3) is 0 Å². The second-order valence-electron chi connectivity index (χ2n) is 6.21. The molecule has 132 valence electrons. The SMILES string of the molecule is CCC(C)C(=O)Nc1cccc(CNC(=O)CC2COCCN2)c1. The minimum atomic E-state index is -0.0152. The lowest BCUT2D eigenvalue weighted by Gasteiger charge is -2.23. The van der Waals surface area contributed by atoms with Gasteiger partial charge in [-0.25, -0.2) is 0 Å². The van der Waals surface area contributed by atoms with Crippen LogP contribution in [-0.4, -0.2) is 37.6 Å². The zero-order valence-electron chi connectivity index (χ0n) is 14.4. The van der Waals surface area contributed by atoms with Crippen molar-refractivity contribution in [2.45, 2.75) is 39.3 Å². The molecule has 1 aliphatic rings. The van der Waals surface area contributed by atoms with Gasteiger partial charge in [0.05, 0.1) is 13.2 Å². The van der Waals surface area contributed by atoms with Crippen LogP contribution in [0.3, 0.4) is 0 Å². The summed E-state index contributed by atoms with van der Waals surface area (Å²) in [5.41, 5.74) is 1.72. The van der Waals surface area contributed by atoms with Crippen molar-refractivity contribution in [2.24, 2.45) is 5.92 Å². The van der Waals surface area contributed by atoms with Crippen molar-refractivity contribution < 1.29 is 14.3 Å². The Hall–Kier alpha value is -1.92. The Kier molecular flexibility index (Phi) is 7.21. The number of hydrogen-bond acceptors (Lipinski definition) is 4. The molecule has 0 bridgehead atoms. The number of amides is 2. The molecule has 0 radical (unpaired) electrons. The smallest absolute Gasteiger partial charge is 0.227 e. The first-order valence-corrected chi connectivity index (χ1v) is 8.56. The van der Waals surface area contributed by atoms with Crippen molar-refractivity contribution >= 4 is 17.5 Å². The average Bonchev–Trinajstić information content (AvgIpc) is 2.60.